The first-order valence-electron chi connectivity index (χ1n) is 7.46. The number of rotatable bonds is 5. The Kier molecular flexibility index (Phi) is 3.97. The summed E-state index contributed by atoms with van der Waals surface area (Å²) in [4.78, 5) is 17.9. The van der Waals surface area contributed by atoms with E-state index in [1.54, 1.807) is 6.07 Å². The number of aromatic nitrogens is 2. The zero-order valence-corrected chi connectivity index (χ0v) is 12.9. The molecule has 0 aliphatic heterocycles. The van der Waals surface area contributed by atoms with Gasteiger partial charge in [0.05, 0.1) is 16.0 Å². The Morgan fingerprint density at radius 3 is 2.65 bits per heavy atom. The lowest BCUT2D eigenvalue weighted by Crippen LogP contribution is -2.05. The first kappa shape index (κ1) is 15.0. The molecular formula is C17H17N3O3. The number of hydrogen-bond acceptors (Lipinski definition) is 4. The topological polar surface area (TPSA) is 81.1 Å². The molecule has 6 heteroatoms. The van der Waals surface area contributed by atoms with Gasteiger partial charge in [-0.2, -0.15) is 0 Å². The molecule has 6 nitrogen and oxygen atoms in total. The molecule has 1 N–H and O–H groups in total. The zero-order chi connectivity index (χ0) is 16.4. The molecule has 3 rings (SSSR count). The Labute approximate surface area is 133 Å². The number of nitrogens with zero attached hydrogens (tertiary/aromatic N) is 2. The average Bonchev–Trinajstić information content (AvgIpc) is 2.98. The second-order valence-electron chi connectivity index (χ2n) is 5.34. The maximum atomic E-state index is 10.8. The minimum atomic E-state index is -0.421. The zero-order valence-electron chi connectivity index (χ0n) is 12.9. The van der Waals surface area contributed by atoms with E-state index in [4.69, 9.17) is 4.74 Å². The Balaban J connectivity index is 1.82. The molecule has 2 aromatic carbocycles. The number of nitro groups is 1. The molecule has 1 aromatic heterocycles. The van der Waals surface area contributed by atoms with Crippen LogP contribution in [0.4, 0.5) is 5.69 Å². The van der Waals surface area contributed by atoms with E-state index in [1.807, 2.05) is 31.2 Å². The highest BCUT2D eigenvalue weighted by molar-refractivity contribution is 5.77. The highest BCUT2D eigenvalue weighted by Crippen LogP contribution is 2.24. The van der Waals surface area contributed by atoms with Crippen molar-refractivity contribution in [3.63, 3.8) is 0 Å². The molecule has 0 radical (unpaired) electrons. The number of hydrogen-bond donors (Lipinski definition) is 1. The van der Waals surface area contributed by atoms with E-state index < -0.39 is 4.92 Å². The maximum absolute atomic E-state index is 10.8. The monoisotopic (exact) mass is 311 g/mol. The van der Waals surface area contributed by atoms with Crippen molar-refractivity contribution in [2.24, 2.45) is 0 Å². The van der Waals surface area contributed by atoms with Crippen LogP contribution in [-0.2, 0) is 6.42 Å². The van der Waals surface area contributed by atoms with Gasteiger partial charge in [-0.25, -0.2) is 4.98 Å². The van der Waals surface area contributed by atoms with Gasteiger partial charge >= 0.3 is 0 Å². The van der Waals surface area contributed by atoms with E-state index in [2.05, 4.69) is 16.9 Å². The molecule has 0 aliphatic carbocycles. The number of nitrogens with one attached hydrogen (secondary N) is 1. The SMILES string of the molecule is CCc1ccc(OC(C)c2nc3ccc([N+](=O)[O-])cc3[nH]2)cc1. The van der Waals surface area contributed by atoms with Crippen LogP contribution < -0.4 is 4.74 Å². The summed E-state index contributed by atoms with van der Waals surface area (Å²) in [5, 5.41) is 10.8. The quantitative estimate of drug-likeness (QED) is 0.566. The molecule has 0 saturated carbocycles. The van der Waals surface area contributed by atoms with Crippen molar-refractivity contribution in [1.29, 1.82) is 0 Å². The number of imidazole rings is 1. The van der Waals surface area contributed by atoms with Gasteiger partial charge in [-0.1, -0.05) is 19.1 Å². The normalized spacial score (nSPS) is 12.3. The summed E-state index contributed by atoms with van der Waals surface area (Å²) >= 11 is 0. The van der Waals surface area contributed by atoms with Crippen LogP contribution in [0.15, 0.2) is 42.5 Å². The van der Waals surface area contributed by atoms with Gasteiger partial charge in [-0.3, -0.25) is 10.1 Å². The highest BCUT2D eigenvalue weighted by atomic mass is 16.6. The van der Waals surface area contributed by atoms with Crippen LogP contribution in [0, 0.1) is 10.1 Å². The number of H-pyrrole nitrogens is 1. The molecule has 1 atom stereocenters. The summed E-state index contributed by atoms with van der Waals surface area (Å²) in [5.74, 6) is 1.40. The standard InChI is InChI=1S/C17H17N3O3/c1-3-12-4-7-14(8-5-12)23-11(2)17-18-15-9-6-13(20(21)22)10-16(15)19-17/h4-11H,3H2,1-2H3,(H,18,19). The van der Waals surface area contributed by atoms with Crippen LogP contribution in [0.3, 0.4) is 0 Å². The van der Waals surface area contributed by atoms with Gasteiger partial charge in [-0.15, -0.1) is 0 Å². The Morgan fingerprint density at radius 1 is 1.26 bits per heavy atom. The molecule has 0 fully saturated rings. The van der Waals surface area contributed by atoms with Crippen LogP contribution in [0.1, 0.15) is 31.3 Å². The second-order valence-corrected chi connectivity index (χ2v) is 5.34. The van der Waals surface area contributed by atoms with E-state index in [1.165, 1.54) is 17.7 Å². The van der Waals surface area contributed by atoms with Gasteiger partial charge in [0, 0.05) is 12.1 Å². The Hall–Kier alpha value is -2.89. The van der Waals surface area contributed by atoms with Crippen molar-refractivity contribution in [1.82, 2.24) is 9.97 Å². The average molecular weight is 311 g/mol. The number of aryl methyl sites for hydroxylation is 1. The summed E-state index contributed by atoms with van der Waals surface area (Å²) in [5.41, 5.74) is 2.60. The van der Waals surface area contributed by atoms with E-state index >= 15 is 0 Å². The van der Waals surface area contributed by atoms with Crippen LogP contribution in [0.5, 0.6) is 5.75 Å². The predicted molar refractivity (Wildman–Crippen MR) is 87.6 cm³/mol. The number of benzene rings is 2. The third-order valence-electron chi connectivity index (χ3n) is 3.72. The molecule has 0 aliphatic rings. The molecule has 0 amide bonds. The summed E-state index contributed by atoms with van der Waals surface area (Å²) in [6.07, 6.45) is 0.701. The summed E-state index contributed by atoms with van der Waals surface area (Å²) < 4.78 is 5.88. The molecule has 1 heterocycles. The van der Waals surface area contributed by atoms with Crippen molar-refractivity contribution < 1.29 is 9.66 Å². The summed E-state index contributed by atoms with van der Waals surface area (Å²) in [6, 6.07) is 12.5. The predicted octanol–water partition coefficient (Wildman–Crippen LogP) is 4.17. The van der Waals surface area contributed by atoms with Crippen molar-refractivity contribution in [2.75, 3.05) is 0 Å². The van der Waals surface area contributed by atoms with Crippen molar-refractivity contribution in [3.8, 4) is 5.75 Å². The van der Waals surface area contributed by atoms with Crippen LogP contribution in [0.2, 0.25) is 0 Å². The number of non-ortho nitro benzene ring substituents is 1. The Morgan fingerprint density at radius 2 is 2.00 bits per heavy atom. The minimum absolute atomic E-state index is 0.0384. The molecule has 1 unspecified atom stereocenters. The molecule has 23 heavy (non-hydrogen) atoms. The first-order valence-corrected chi connectivity index (χ1v) is 7.46. The highest BCUT2D eigenvalue weighted by Gasteiger charge is 2.15. The fraction of sp³-hybridized carbons (Fsp3) is 0.235. The van der Waals surface area contributed by atoms with Crippen molar-refractivity contribution in [3.05, 3.63) is 64.0 Å². The molecule has 0 spiro atoms. The smallest absolute Gasteiger partial charge is 0.271 e. The van der Waals surface area contributed by atoms with Gasteiger partial charge < -0.3 is 9.72 Å². The Bertz CT molecular complexity index is 840. The van der Waals surface area contributed by atoms with Crippen LogP contribution in [-0.4, -0.2) is 14.9 Å². The van der Waals surface area contributed by atoms with E-state index in [0.29, 0.717) is 16.9 Å². The molecule has 0 bridgehead atoms. The van der Waals surface area contributed by atoms with Crippen LogP contribution >= 0.6 is 0 Å². The van der Waals surface area contributed by atoms with Gasteiger partial charge in [0.2, 0.25) is 0 Å². The molecular weight excluding hydrogens is 294 g/mol. The number of nitro benzene ring substituents is 1. The summed E-state index contributed by atoms with van der Waals surface area (Å²) in [7, 11) is 0. The molecule has 118 valence electrons. The maximum Gasteiger partial charge on any atom is 0.271 e. The lowest BCUT2D eigenvalue weighted by molar-refractivity contribution is -0.384. The lowest BCUT2D eigenvalue weighted by atomic mass is 10.2. The van der Waals surface area contributed by atoms with E-state index in [9.17, 15) is 10.1 Å². The second kappa shape index (κ2) is 6.08. The van der Waals surface area contributed by atoms with Gasteiger partial charge in [0.25, 0.3) is 5.69 Å². The minimum Gasteiger partial charge on any atom is -0.483 e. The fourth-order valence-corrected chi connectivity index (χ4v) is 2.39. The van der Waals surface area contributed by atoms with Gasteiger partial charge in [0.15, 0.2) is 6.10 Å². The third-order valence-corrected chi connectivity index (χ3v) is 3.72. The fourth-order valence-electron chi connectivity index (χ4n) is 2.39. The third kappa shape index (κ3) is 3.15. The molecule has 0 saturated heterocycles. The number of aromatic amines is 1. The number of ether oxygens (including phenoxy) is 1. The largest absolute Gasteiger partial charge is 0.483 e. The van der Waals surface area contributed by atoms with Gasteiger partial charge in [-0.05, 0) is 37.1 Å². The lowest BCUT2D eigenvalue weighted by Gasteiger charge is -2.12. The van der Waals surface area contributed by atoms with E-state index in [-0.39, 0.29) is 11.8 Å². The molecule has 3 aromatic rings. The van der Waals surface area contributed by atoms with E-state index in [0.717, 1.165) is 12.2 Å². The van der Waals surface area contributed by atoms with Crippen molar-refractivity contribution in [2.45, 2.75) is 26.4 Å². The summed E-state index contributed by atoms with van der Waals surface area (Å²) in [6.45, 7) is 3.99. The van der Waals surface area contributed by atoms with Crippen molar-refractivity contribution >= 4 is 16.7 Å². The van der Waals surface area contributed by atoms with Gasteiger partial charge in [0.1, 0.15) is 11.6 Å². The first-order chi connectivity index (χ1) is 11.1. The number of fused-ring (bicyclic) bond motifs is 1. The van der Waals surface area contributed by atoms with Crippen LogP contribution in [0.25, 0.3) is 11.0 Å².